The van der Waals surface area contributed by atoms with Gasteiger partial charge >= 0.3 is 0 Å². The second-order valence-electron chi connectivity index (χ2n) is 10.7. The number of methoxy groups -OCH3 is 2. The summed E-state index contributed by atoms with van der Waals surface area (Å²) in [6.45, 7) is 3.65. The smallest absolute Gasteiger partial charge is 0.260 e. The van der Waals surface area contributed by atoms with Crippen molar-refractivity contribution >= 4 is 11.7 Å². The molecule has 10 heteroatoms. The van der Waals surface area contributed by atoms with Gasteiger partial charge in [0.1, 0.15) is 11.9 Å². The first-order chi connectivity index (χ1) is 18.9. The van der Waals surface area contributed by atoms with Crippen molar-refractivity contribution in [3.8, 4) is 22.8 Å². The van der Waals surface area contributed by atoms with E-state index in [4.69, 9.17) is 9.47 Å². The fourth-order valence-corrected chi connectivity index (χ4v) is 6.11. The summed E-state index contributed by atoms with van der Waals surface area (Å²) in [7, 11) is 3.11. The highest BCUT2D eigenvalue weighted by atomic mass is 19.3. The molecule has 2 fully saturated rings. The summed E-state index contributed by atoms with van der Waals surface area (Å²) in [5, 5.41) is 11.3. The highest BCUT2D eigenvalue weighted by Crippen LogP contribution is 2.41. The number of nitrogens with one attached hydrogen (secondary N) is 2. The van der Waals surface area contributed by atoms with Gasteiger partial charge in [0.25, 0.3) is 6.43 Å². The summed E-state index contributed by atoms with van der Waals surface area (Å²) in [4.78, 5) is 14.8. The molecule has 4 atom stereocenters. The van der Waals surface area contributed by atoms with Crippen LogP contribution in [0.1, 0.15) is 29.6 Å². The van der Waals surface area contributed by atoms with E-state index >= 15 is 0 Å². The van der Waals surface area contributed by atoms with Crippen LogP contribution in [0, 0.1) is 11.8 Å². The molecule has 3 aliphatic heterocycles. The molecular weight excluding hydrogens is 504 g/mol. The van der Waals surface area contributed by atoms with Gasteiger partial charge in [-0.2, -0.15) is 5.10 Å². The number of anilines is 1. The van der Waals surface area contributed by atoms with E-state index in [9.17, 15) is 13.6 Å². The fraction of sp³-hybridized carbons (Fsp3) is 0.448. The lowest BCUT2D eigenvalue weighted by molar-refractivity contribution is -0.129. The summed E-state index contributed by atoms with van der Waals surface area (Å²) < 4.78 is 40.5. The lowest BCUT2D eigenvalue weighted by Gasteiger charge is -2.32. The van der Waals surface area contributed by atoms with Gasteiger partial charge < -0.3 is 25.0 Å². The minimum absolute atomic E-state index is 0.153. The van der Waals surface area contributed by atoms with Crippen molar-refractivity contribution in [3.05, 3.63) is 59.7 Å². The molecule has 6 rings (SSSR count). The van der Waals surface area contributed by atoms with Crippen LogP contribution in [-0.2, 0) is 11.2 Å². The Hall–Kier alpha value is -3.66. The van der Waals surface area contributed by atoms with Gasteiger partial charge in [-0.3, -0.25) is 4.79 Å². The largest absolute Gasteiger partial charge is 0.493 e. The van der Waals surface area contributed by atoms with Gasteiger partial charge in [-0.25, -0.2) is 13.5 Å². The van der Waals surface area contributed by atoms with Crippen molar-refractivity contribution in [1.29, 1.82) is 0 Å². The Labute approximate surface area is 226 Å². The highest BCUT2D eigenvalue weighted by Gasteiger charge is 2.38. The zero-order valence-electron chi connectivity index (χ0n) is 22.1. The van der Waals surface area contributed by atoms with Crippen LogP contribution in [0.4, 0.5) is 14.6 Å². The normalized spacial score (nSPS) is 23.9. The molecule has 4 unspecified atom stereocenters. The zero-order chi connectivity index (χ0) is 27.1. The number of likely N-dealkylation sites (tertiary alicyclic amines) is 1. The number of alkyl halides is 2. The van der Waals surface area contributed by atoms with Crippen molar-refractivity contribution in [3.63, 3.8) is 0 Å². The maximum absolute atomic E-state index is 14.2. The lowest BCUT2D eigenvalue weighted by atomic mass is 9.97. The number of nitrogens with zero attached hydrogens (tertiary/aromatic N) is 3. The Morgan fingerprint density at radius 3 is 2.41 bits per heavy atom. The molecule has 2 N–H and O–H groups in total. The van der Waals surface area contributed by atoms with Crippen LogP contribution < -0.4 is 20.1 Å². The second kappa shape index (κ2) is 10.5. The van der Waals surface area contributed by atoms with Crippen molar-refractivity contribution in [2.45, 2.75) is 31.4 Å². The molecule has 0 saturated carbocycles. The number of hydrogen-bond donors (Lipinski definition) is 2. The quantitative estimate of drug-likeness (QED) is 0.472. The molecular formula is C29H33F2N5O3. The molecule has 1 amide bonds. The van der Waals surface area contributed by atoms with Gasteiger partial charge in [0.15, 0.2) is 11.5 Å². The average Bonchev–Trinajstić information content (AvgIpc) is 3.67. The minimum Gasteiger partial charge on any atom is -0.493 e. The second-order valence-corrected chi connectivity index (χ2v) is 10.7. The predicted molar refractivity (Wildman–Crippen MR) is 143 cm³/mol. The number of carbonyl (C=O) groups is 1. The Morgan fingerprint density at radius 2 is 1.74 bits per heavy atom. The topological polar surface area (TPSA) is 80.7 Å². The summed E-state index contributed by atoms with van der Waals surface area (Å²) in [6, 6.07) is 13.5. The number of carbonyl (C=O) groups excluding carboxylic acids is 1. The van der Waals surface area contributed by atoms with Gasteiger partial charge in [0, 0.05) is 37.8 Å². The number of ether oxygens (including phenoxy) is 2. The monoisotopic (exact) mass is 537 g/mol. The van der Waals surface area contributed by atoms with Crippen LogP contribution in [0.3, 0.4) is 0 Å². The molecule has 0 spiro atoms. The van der Waals surface area contributed by atoms with E-state index in [1.165, 1.54) is 4.68 Å². The van der Waals surface area contributed by atoms with Crippen LogP contribution in [0.5, 0.6) is 11.5 Å². The number of hydrogen-bond acceptors (Lipinski definition) is 6. The van der Waals surface area contributed by atoms with E-state index in [0.29, 0.717) is 41.3 Å². The highest BCUT2D eigenvalue weighted by molar-refractivity contribution is 5.79. The molecule has 206 valence electrons. The summed E-state index contributed by atoms with van der Waals surface area (Å²) in [6.07, 6.45) is -2.04. The molecule has 3 aliphatic rings. The first-order valence-corrected chi connectivity index (χ1v) is 13.4. The first kappa shape index (κ1) is 25.6. The predicted octanol–water partition coefficient (Wildman–Crippen LogP) is 4.15. The molecule has 2 saturated heterocycles. The molecule has 0 radical (unpaired) electrons. The molecule has 4 heterocycles. The summed E-state index contributed by atoms with van der Waals surface area (Å²) in [5.41, 5.74) is 3.18. The Kier molecular flexibility index (Phi) is 6.88. The standard InChI is InChI=1S/C29H33F2N5O3/c1-38-25-8-7-19(10-26(25)39-2)22-11-24(29(30)31)36-27(33-22)12-23(34-36)18-5-3-17(4-6-18)9-28(37)35-15-20-13-32-14-21(20)16-35/h3-8,10,12,20-22,24,29,32-33H,9,11,13-16H2,1-2H3. The third kappa shape index (κ3) is 4.93. The van der Waals surface area contributed by atoms with Gasteiger partial charge in [0.05, 0.1) is 32.4 Å². The molecule has 2 aromatic carbocycles. The Bertz CT molecular complexity index is 1330. The SMILES string of the molecule is COc1ccc(C2CC(C(F)F)n3nc(-c4ccc(CC(=O)N5CC6CNCC6C5)cc4)cc3N2)cc1OC. The van der Waals surface area contributed by atoms with Crippen molar-refractivity contribution in [1.82, 2.24) is 20.0 Å². The van der Waals surface area contributed by atoms with Crippen LogP contribution in [-0.4, -0.2) is 67.4 Å². The van der Waals surface area contributed by atoms with Gasteiger partial charge in [-0.05, 0) is 41.5 Å². The molecule has 0 bridgehead atoms. The van der Waals surface area contributed by atoms with Crippen molar-refractivity contribution in [2.75, 3.05) is 45.7 Å². The van der Waals surface area contributed by atoms with E-state index in [2.05, 4.69) is 15.7 Å². The van der Waals surface area contributed by atoms with Gasteiger partial charge in [-0.15, -0.1) is 0 Å². The molecule has 39 heavy (non-hydrogen) atoms. The van der Waals surface area contributed by atoms with E-state index in [1.54, 1.807) is 26.4 Å². The van der Waals surface area contributed by atoms with E-state index in [1.807, 2.05) is 41.3 Å². The molecule has 1 aromatic heterocycles. The first-order valence-electron chi connectivity index (χ1n) is 13.4. The molecule has 3 aromatic rings. The summed E-state index contributed by atoms with van der Waals surface area (Å²) in [5.74, 6) is 2.96. The number of aromatic nitrogens is 2. The lowest BCUT2D eigenvalue weighted by Crippen LogP contribution is -2.32. The van der Waals surface area contributed by atoms with Crippen LogP contribution in [0.25, 0.3) is 11.3 Å². The number of amides is 1. The molecule has 8 nitrogen and oxygen atoms in total. The number of rotatable bonds is 7. The minimum atomic E-state index is -2.57. The molecule has 0 aliphatic carbocycles. The fourth-order valence-electron chi connectivity index (χ4n) is 6.11. The maximum atomic E-state index is 14.2. The van der Waals surface area contributed by atoms with Gasteiger partial charge in [0.2, 0.25) is 5.91 Å². The zero-order valence-corrected chi connectivity index (χ0v) is 22.1. The number of benzene rings is 2. The number of fused-ring (bicyclic) bond motifs is 2. The third-order valence-corrected chi connectivity index (χ3v) is 8.30. The maximum Gasteiger partial charge on any atom is 0.260 e. The summed E-state index contributed by atoms with van der Waals surface area (Å²) >= 11 is 0. The van der Waals surface area contributed by atoms with E-state index < -0.39 is 12.5 Å². The third-order valence-electron chi connectivity index (χ3n) is 8.30. The Balaban J connectivity index is 1.18. The Morgan fingerprint density at radius 1 is 1.03 bits per heavy atom. The van der Waals surface area contributed by atoms with Crippen molar-refractivity contribution in [2.24, 2.45) is 11.8 Å². The van der Waals surface area contributed by atoms with Crippen molar-refractivity contribution < 1.29 is 23.0 Å². The van der Waals surface area contributed by atoms with E-state index in [-0.39, 0.29) is 18.4 Å². The van der Waals surface area contributed by atoms with Crippen LogP contribution in [0.15, 0.2) is 48.5 Å². The van der Waals surface area contributed by atoms with Crippen LogP contribution in [0.2, 0.25) is 0 Å². The van der Waals surface area contributed by atoms with Crippen LogP contribution >= 0.6 is 0 Å². The van der Waals surface area contributed by atoms with Gasteiger partial charge in [-0.1, -0.05) is 30.3 Å². The van der Waals surface area contributed by atoms with E-state index in [0.717, 1.165) is 42.9 Å². The number of halogens is 2. The average molecular weight is 538 g/mol.